The number of hydrogen-bond acceptors (Lipinski definition) is 6. The summed E-state index contributed by atoms with van der Waals surface area (Å²) in [5, 5.41) is 6.01. The van der Waals surface area contributed by atoms with Crippen LogP contribution in [0.2, 0.25) is 0 Å². The van der Waals surface area contributed by atoms with Crippen LogP contribution in [0.25, 0.3) is 0 Å². The van der Waals surface area contributed by atoms with E-state index in [2.05, 4.69) is 23.0 Å². The van der Waals surface area contributed by atoms with E-state index in [9.17, 15) is 24.0 Å². The number of esters is 1. The largest absolute Gasteiger partial charge is 0.452 e. The minimum absolute atomic E-state index is 0.0508. The Hall–Kier alpha value is -4.21. The zero-order valence-corrected chi connectivity index (χ0v) is 19.2. The summed E-state index contributed by atoms with van der Waals surface area (Å²) in [7, 11) is 0. The summed E-state index contributed by atoms with van der Waals surface area (Å²) in [6, 6.07) is 14.0. The first kappa shape index (κ1) is 23.9. The molecule has 1 aliphatic carbocycles. The van der Waals surface area contributed by atoms with Crippen LogP contribution in [-0.2, 0) is 14.3 Å². The zero-order valence-electron chi connectivity index (χ0n) is 19.2. The number of benzene rings is 2. The highest BCUT2D eigenvalue weighted by atomic mass is 16.5. The van der Waals surface area contributed by atoms with Crippen molar-refractivity contribution in [1.29, 1.82) is 0 Å². The van der Waals surface area contributed by atoms with E-state index in [1.54, 1.807) is 42.5 Å². The predicted octanol–water partition coefficient (Wildman–Crippen LogP) is 2.63. The maximum absolute atomic E-state index is 12.8. The number of carbonyl (C=O) groups is 5. The molecule has 35 heavy (non-hydrogen) atoms. The average Bonchev–Trinajstić information content (AvgIpc) is 3.09. The second kappa shape index (κ2) is 9.96. The number of nitrogens with one attached hydrogen (secondary N) is 3. The standard InChI is InChI=1S/C25H26N4O6/c1-16-11-13-25(14-12-16)23(33)29(24(34)27-25)28-20(30)15-35-22(32)18-9-5-6-10-19(18)26-21(31)17-7-3-2-4-8-17/h2-10,16H,11-15H2,1H3,(H,26,31)(H,27,34)(H,28,30). The Morgan fingerprint density at radius 1 is 1.03 bits per heavy atom. The molecule has 0 atom stereocenters. The monoisotopic (exact) mass is 478 g/mol. The lowest BCUT2D eigenvalue weighted by molar-refractivity contribution is -0.141. The molecule has 1 aliphatic heterocycles. The summed E-state index contributed by atoms with van der Waals surface area (Å²) in [4.78, 5) is 62.6. The van der Waals surface area contributed by atoms with Crippen molar-refractivity contribution in [2.24, 2.45) is 5.92 Å². The number of urea groups is 1. The van der Waals surface area contributed by atoms with Crippen molar-refractivity contribution >= 4 is 35.4 Å². The van der Waals surface area contributed by atoms with Gasteiger partial charge in [-0.3, -0.25) is 19.8 Å². The van der Waals surface area contributed by atoms with Crippen molar-refractivity contribution in [3.63, 3.8) is 0 Å². The Morgan fingerprint density at radius 3 is 2.40 bits per heavy atom. The molecule has 10 nitrogen and oxygen atoms in total. The van der Waals surface area contributed by atoms with E-state index in [0.29, 0.717) is 29.3 Å². The summed E-state index contributed by atoms with van der Waals surface area (Å²) in [5.74, 6) is -2.14. The number of imide groups is 1. The number of anilines is 1. The van der Waals surface area contributed by atoms with Gasteiger partial charge >= 0.3 is 12.0 Å². The third-order valence-corrected chi connectivity index (χ3v) is 6.29. The lowest BCUT2D eigenvalue weighted by Gasteiger charge is -2.33. The quantitative estimate of drug-likeness (QED) is 0.432. The molecule has 2 fully saturated rings. The van der Waals surface area contributed by atoms with Crippen LogP contribution in [0.1, 0.15) is 53.3 Å². The SMILES string of the molecule is CC1CCC2(CC1)NC(=O)N(NC(=O)COC(=O)c1ccccc1NC(=O)c1ccccc1)C2=O. The number of hydrazine groups is 1. The minimum Gasteiger partial charge on any atom is -0.452 e. The Kier molecular flexibility index (Phi) is 6.81. The van der Waals surface area contributed by atoms with E-state index in [1.807, 2.05) is 0 Å². The van der Waals surface area contributed by atoms with Crippen molar-refractivity contribution < 1.29 is 28.7 Å². The average molecular weight is 479 g/mol. The molecule has 0 bridgehead atoms. The molecule has 182 valence electrons. The van der Waals surface area contributed by atoms with Crippen LogP contribution in [-0.4, -0.2) is 46.9 Å². The molecular weight excluding hydrogens is 452 g/mol. The molecular formula is C25H26N4O6. The Balaban J connectivity index is 1.34. The van der Waals surface area contributed by atoms with Gasteiger partial charge in [0.1, 0.15) is 5.54 Å². The summed E-state index contributed by atoms with van der Waals surface area (Å²) in [6.07, 6.45) is 2.61. The van der Waals surface area contributed by atoms with Crippen LogP contribution in [0, 0.1) is 5.92 Å². The normalized spacial score (nSPS) is 21.4. The van der Waals surface area contributed by atoms with E-state index in [4.69, 9.17) is 4.74 Å². The van der Waals surface area contributed by atoms with Gasteiger partial charge in [-0.1, -0.05) is 37.3 Å². The van der Waals surface area contributed by atoms with E-state index in [-0.39, 0.29) is 11.3 Å². The van der Waals surface area contributed by atoms with Gasteiger partial charge in [0.05, 0.1) is 11.3 Å². The number of amides is 5. The van der Waals surface area contributed by atoms with Crippen LogP contribution in [0.15, 0.2) is 54.6 Å². The Labute approximate surface area is 202 Å². The smallest absolute Gasteiger partial charge is 0.344 e. The lowest BCUT2D eigenvalue weighted by Crippen LogP contribution is -2.52. The fourth-order valence-electron chi connectivity index (χ4n) is 4.24. The molecule has 2 aliphatic rings. The fourth-order valence-corrected chi connectivity index (χ4v) is 4.24. The van der Waals surface area contributed by atoms with Crippen LogP contribution in [0.4, 0.5) is 10.5 Å². The van der Waals surface area contributed by atoms with Crippen LogP contribution in [0.3, 0.4) is 0 Å². The third kappa shape index (κ3) is 5.16. The number of hydrogen-bond donors (Lipinski definition) is 3. The number of carbonyl (C=O) groups excluding carboxylic acids is 5. The fraction of sp³-hybridized carbons (Fsp3) is 0.320. The van der Waals surface area contributed by atoms with Crippen molar-refractivity contribution in [2.75, 3.05) is 11.9 Å². The van der Waals surface area contributed by atoms with Crippen molar-refractivity contribution in [2.45, 2.75) is 38.1 Å². The maximum atomic E-state index is 12.8. The van der Waals surface area contributed by atoms with E-state index < -0.39 is 41.9 Å². The minimum atomic E-state index is -0.997. The zero-order chi connectivity index (χ0) is 25.0. The van der Waals surface area contributed by atoms with Crippen LogP contribution >= 0.6 is 0 Å². The highest BCUT2D eigenvalue weighted by molar-refractivity contribution is 6.09. The molecule has 3 N–H and O–H groups in total. The lowest BCUT2D eigenvalue weighted by atomic mass is 9.77. The highest BCUT2D eigenvalue weighted by Crippen LogP contribution is 2.35. The van der Waals surface area contributed by atoms with Gasteiger partial charge in [-0.2, -0.15) is 5.01 Å². The number of ether oxygens (including phenoxy) is 1. The van der Waals surface area contributed by atoms with Crippen LogP contribution in [0.5, 0.6) is 0 Å². The number of nitrogens with zero attached hydrogens (tertiary/aromatic N) is 1. The van der Waals surface area contributed by atoms with Crippen molar-refractivity contribution in [1.82, 2.24) is 15.8 Å². The first-order chi connectivity index (χ1) is 16.8. The molecule has 0 radical (unpaired) electrons. The summed E-state index contributed by atoms with van der Waals surface area (Å²) in [5.41, 5.74) is 1.90. The Bertz CT molecular complexity index is 1160. The van der Waals surface area contributed by atoms with Crippen molar-refractivity contribution in [3.8, 4) is 0 Å². The molecule has 5 amide bonds. The molecule has 0 aromatic heterocycles. The molecule has 2 aromatic rings. The van der Waals surface area contributed by atoms with Gasteiger partial charge in [-0.05, 0) is 55.9 Å². The molecule has 2 aromatic carbocycles. The molecule has 0 unspecified atom stereocenters. The van der Waals surface area contributed by atoms with Gasteiger partial charge in [0.2, 0.25) is 0 Å². The van der Waals surface area contributed by atoms with Gasteiger partial charge in [0, 0.05) is 5.56 Å². The van der Waals surface area contributed by atoms with Crippen molar-refractivity contribution in [3.05, 3.63) is 65.7 Å². The molecule has 1 heterocycles. The summed E-state index contributed by atoms with van der Waals surface area (Å²) >= 11 is 0. The molecule has 4 rings (SSSR count). The predicted molar refractivity (Wildman–Crippen MR) is 125 cm³/mol. The maximum Gasteiger partial charge on any atom is 0.344 e. The number of para-hydroxylation sites is 1. The van der Waals surface area contributed by atoms with Gasteiger partial charge in [-0.25, -0.2) is 9.59 Å². The second-order valence-corrected chi connectivity index (χ2v) is 8.81. The van der Waals surface area contributed by atoms with Gasteiger partial charge in [-0.15, -0.1) is 0 Å². The first-order valence-corrected chi connectivity index (χ1v) is 11.4. The molecule has 1 saturated heterocycles. The molecule has 1 saturated carbocycles. The summed E-state index contributed by atoms with van der Waals surface area (Å²) in [6.45, 7) is 1.37. The topological polar surface area (TPSA) is 134 Å². The highest BCUT2D eigenvalue weighted by Gasteiger charge is 2.52. The van der Waals surface area contributed by atoms with Gasteiger partial charge in [0.25, 0.3) is 17.7 Å². The Morgan fingerprint density at radius 2 is 1.69 bits per heavy atom. The van der Waals surface area contributed by atoms with E-state index in [0.717, 1.165) is 12.8 Å². The van der Waals surface area contributed by atoms with Gasteiger partial charge < -0.3 is 15.4 Å². The first-order valence-electron chi connectivity index (χ1n) is 11.4. The summed E-state index contributed by atoms with van der Waals surface area (Å²) < 4.78 is 5.08. The molecule has 10 heteroatoms. The van der Waals surface area contributed by atoms with E-state index >= 15 is 0 Å². The number of rotatable bonds is 6. The second-order valence-electron chi connectivity index (χ2n) is 8.81. The van der Waals surface area contributed by atoms with Crippen LogP contribution < -0.4 is 16.1 Å². The third-order valence-electron chi connectivity index (χ3n) is 6.29. The van der Waals surface area contributed by atoms with E-state index in [1.165, 1.54) is 12.1 Å². The molecule has 1 spiro atoms. The van der Waals surface area contributed by atoms with Gasteiger partial charge in [0.15, 0.2) is 6.61 Å².